The second kappa shape index (κ2) is 65.5. The van der Waals surface area contributed by atoms with Gasteiger partial charge >= 0.3 is 18.1 Å². The van der Waals surface area contributed by atoms with Crippen LogP contribution in [0.25, 0.3) is 0 Å². The number of rotatable bonds is 31. The maximum absolute atomic E-state index is 12.0. The number of benzene rings is 8. The largest absolute Gasteiger partial charge is 0.514 e. The van der Waals surface area contributed by atoms with E-state index >= 15 is 0 Å². The first-order valence-corrected chi connectivity index (χ1v) is 51.4. The predicted molar refractivity (Wildman–Crippen MR) is 564 cm³/mol. The van der Waals surface area contributed by atoms with Crippen molar-refractivity contribution < 1.29 is 72.7 Å². The van der Waals surface area contributed by atoms with E-state index in [-0.39, 0.29) is 46.6 Å². The van der Waals surface area contributed by atoms with Crippen LogP contribution in [0.4, 0.5) is 4.79 Å². The molecule has 8 aromatic carbocycles. The number of phenolic OH excluding ortho intramolecular Hbond substituents is 4. The highest BCUT2D eigenvalue weighted by Crippen LogP contribution is 2.41. The maximum atomic E-state index is 12.0. The van der Waals surface area contributed by atoms with Crippen molar-refractivity contribution in [2.75, 3.05) is 13.2 Å². The summed E-state index contributed by atoms with van der Waals surface area (Å²) < 4.78 is 44.0. The summed E-state index contributed by atoms with van der Waals surface area (Å²) in [6.45, 7) is 62.1. The second-order valence-corrected chi connectivity index (χ2v) is 39.3. The molecule has 15 heteroatoms. The van der Waals surface area contributed by atoms with Crippen LogP contribution in [0.2, 0.25) is 0 Å². The molecule has 2 saturated carbocycles. The Morgan fingerprint density at radius 1 is 0.348 bits per heavy atom. The molecule has 1 aliphatic heterocycles. The SMILES string of the molecule is CCC(C)c1ccc(O)cc1.CCC(C)c1ccc(O)cc1.CCC(C)c1ccc(O)cc1.CCC(C)c1ccc(O)cc1.CCC(C)c1ccc(OC(=O)OC(C)(C)C)cc1.CCC(C)c1ccc(OC2CCCCO2)cc1.CCC(C)c1ccccc1.CCC1(OC(=O)C(C)(C)CC)CCCC1.CCC1(OC(=O)C(C)(C)CC)CCCC1.CCOC(C)Oc1ccc(C(C)CC)cc1. The van der Waals surface area contributed by atoms with Crippen molar-refractivity contribution in [2.24, 2.45) is 10.8 Å². The number of hydrogen-bond donors (Lipinski definition) is 4. The lowest BCUT2D eigenvalue weighted by Crippen LogP contribution is -2.37. The molecule has 0 radical (unpaired) electrons. The second-order valence-electron chi connectivity index (χ2n) is 39.3. The van der Waals surface area contributed by atoms with Gasteiger partial charge in [0.1, 0.15) is 57.0 Å². The molecule has 0 aromatic heterocycles. The van der Waals surface area contributed by atoms with E-state index < -0.39 is 11.8 Å². The lowest BCUT2D eigenvalue weighted by molar-refractivity contribution is -0.171. The van der Waals surface area contributed by atoms with Crippen molar-refractivity contribution >= 4 is 18.1 Å². The number of hydrogen-bond acceptors (Lipinski definition) is 15. The molecule has 10 atom stereocenters. The number of phenols is 4. The highest BCUT2D eigenvalue weighted by atomic mass is 16.7. The summed E-state index contributed by atoms with van der Waals surface area (Å²) in [7, 11) is 0. The van der Waals surface area contributed by atoms with Gasteiger partial charge in [-0.2, -0.15) is 0 Å². The smallest absolute Gasteiger partial charge is 0.508 e. The number of carbonyl (C=O) groups is 3. The summed E-state index contributed by atoms with van der Waals surface area (Å²) >= 11 is 0. The maximum Gasteiger partial charge on any atom is 0.514 e. The minimum atomic E-state index is -0.668. The van der Waals surface area contributed by atoms with Gasteiger partial charge in [-0.3, -0.25) is 9.59 Å². The first kappa shape index (κ1) is 122. The fourth-order valence-electron chi connectivity index (χ4n) is 14.3. The molecule has 2 aliphatic carbocycles. The Morgan fingerprint density at radius 2 is 0.615 bits per heavy atom. The van der Waals surface area contributed by atoms with E-state index in [2.05, 4.69) is 191 Å². The van der Waals surface area contributed by atoms with Crippen LogP contribution in [0.5, 0.6) is 40.2 Å². The van der Waals surface area contributed by atoms with Crippen molar-refractivity contribution in [3.63, 3.8) is 0 Å². The summed E-state index contributed by atoms with van der Waals surface area (Å²) in [5.41, 5.74) is 9.16. The standard InChI is InChI=1S/C15H22O3.C15H22O2.C14H22O2.2C13H24O2.4C10H14O.C10H14/c1-6-11(2)12-7-9-13(10-8-12)17-14(16)18-15(3,4)5;1-3-12(2)13-7-9-14(10-8-13)17-15-6-4-5-11-16-15;1-5-11(3)13-7-9-14(10-8-13)16-12(4)15-6-2;2*1-5-12(3,4)11(14)15-13(6-2)9-7-8-10-13;4*1-3-8(2)9-4-6-10(11)7-5-9;1-3-9(2)10-7-5-4-6-8-10/h7-11H,6H2,1-5H3;7-10,12,15H,3-6,11H2,1-2H3;7-12H,5-6H2,1-4H3;2*5-10H2,1-4H3;4*4-8,11H,3H2,1-2H3;4-9H,3H2,1-2H3. The normalized spacial score (nSPS) is 15.9. The van der Waals surface area contributed by atoms with Gasteiger partial charge in [-0.25, -0.2) is 4.79 Å². The molecule has 3 fully saturated rings. The van der Waals surface area contributed by atoms with Crippen LogP contribution in [0.15, 0.2) is 200 Å². The van der Waals surface area contributed by atoms with Crippen LogP contribution >= 0.6 is 0 Å². The molecule has 0 spiro atoms. The van der Waals surface area contributed by atoms with Crippen molar-refractivity contribution in [1.82, 2.24) is 0 Å². The van der Waals surface area contributed by atoms with Crippen LogP contribution in [0, 0.1) is 10.8 Å². The monoisotopic (exact) mass is 1870 g/mol. The number of ether oxygens (including phenoxy) is 8. The summed E-state index contributed by atoms with van der Waals surface area (Å²) in [6, 6.07) is 64.6. The molecule has 11 rings (SSSR count). The average molecular weight is 1870 g/mol. The molecule has 15 nitrogen and oxygen atoms in total. The van der Waals surface area contributed by atoms with Gasteiger partial charge < -0.3 is 58.3 Å². The Bertz CT molecular complexity index is 4090. The zero-order valence-electron chi connectivity index (χ0n) is 89.3. The Labute approximate surface area is 820 Å². The lowest BCUT2D eigenvalue weighted by Gasteiger charge is -2.32. The molecule has 135 heavy (non-hydrogen) atoms. The molecular formula is C120H184O15. The van der Waals surface area contributed by atoms with Gasteiger partial charge in [0.15, 0.2) is 12.6 Å². The van der Waals surface area contributed by atoms with E-state index in [1.165, 1.54) is 89.5 Å². The van der Waals surface area contributed by atoms with Crippen LogP contribution in [0.1, 0.15) is 440 Å². The highest BCUT2D eigenvalue weighted by molar-refractivity contribution is 5.77. The van der Waals surface area contributed by atoms with Gasteiger partial charge in [0.25, 0.3) is 0 Å². The summed E-state index contributed by atoms with van der Waals surface area (Å²) in [6.07, 6.45) is 24.3. The Morgan fingerprint density at radius 3 is 0.859 bits per heavy atom. The van der Waals surface area contributed by atoms with Crippen LogP contribution in [0.3, 0.4) is 0 Å². The van der Waals surface area contributed by atoms with E-state index in [1.54, 1.807) is 81.4 Å². The van der Waals surface area contributed by atoms with E-state index in [9.17, 15) is 14.4 Å². The first-order chi connectivity index (χ1) is 64.0. The van der Waals surface area contributed by atoms with Crippen LogP contribution in [-0.2, 0) is 33.3 Å². The predicted octanol–water partition coefficient (Wildman–Crippen LogP) is 34.8. The Hall–Kier alpha value is -9.31. The number of esters is 2. The van der Waals surface area contributed by atoms with Gasteiger partial charge in [-0.1, -0.05) is 254 Å². The van der Waals surface area contributed by atoms with E-state index in [4.69, 9.17) is 58.3 Å². The molecule has 4 N–H and O–H groups in total. The number of aromatic hydroxyl groups is 4. The third kappa shape index (κ3) is 48.5. The molecular weight excluding hydrogens is 1680 g/mol. The minimum Gasteiger partial charge on any atom is -0.508 e. The third-order valence-corrected chi connectivity index (χ3v) is 27.0. The molecule has 1 heterocycles. The molecule has 8 aromatic rings. The fraction of sp³-hybridized carbons (Fsp3) is 0.575. The zero-order chi connectivity index (χ0) is 101. The van der Waals surface area contributed by atoms with E-state index in [0.29, 0.717) is 82.7 Å². The van der Waals surface area contributed by atoms with Gasteiger partial charge in [0, 0.05) is 13.0 Å². The quantitative estimate of drug-likeness (QED) is 0.0138. The fourth-order valence-corrected chi connectivity index (χ4v) is 14.3. The lowest BCUT2D eigenvalue weighted by atomic mass is 9.89. The van der Waals surface area contributed by atoms with Crippen molar-refractivity contribution in [3.8, 4) is 40.2 Å². The molecule has 0 amide bonds. The Kier molecular flexibility index (Phi) is 59.1. The summed E-state index contributed by atoms with van der Waals surface area (Å²) in [4.78, 5) is 35.4. The first-order valence-electron chi connectivity index (χ1n) is 51.4. The van der Waals surface area contributed by atoms with Gasteiger partial charge in [0.05, 0.1) is 17.4 Å². The molecule has 3 aliphatic rings. The highest BCUT2D eigenvalue weighted by Gasteiger charge is 2.41. The van der Waals surface area contributed by atoms with Gasteiger partial charge in [-0.05, 0) is 380 Å². The van der Waals surface area contributed by atoms with Gasteiger partial charge in [-0.15, -0.1) is 0 Å². The third-order valence-electron chi connectivity index (χ3n) is 27.0. The van der Waals surface area contributed by atoms with Crippen molar-refractivity contribution in [3.05, 3.63) is 245 Å². The van der Waals surface area contributed by atoms with Crippen molar-refractivity contribution in [1.29, 1.82) is 0 Å². The van der Waals surface area contributed by atoms with Crippen molar-refractivity contribution in [2.45, 2.75) is 425 Å². The molecule has 1 saturated heterocycles. The van der Waals surface area contributed by atoms with Crippen LogP contribution in [-0.4, -0.2) is 81.1 Å². The molecule has 10 unspecified atom stereocenters. The van der Waals surface area contributed by atoms with Gasteiger partial charge in [0.2, 0.25) is 0 Å². The average Bonchev–Trinajstić information content (AvgIpc) is 1.72. The molecule has 0 bridgehead atoms. The van der Waals surface area contributed by atoms with E-state index in [1.807, 2.05) is 128 Å². The number of carbonyl (C=O) groups excluding carboxylic acids is 3. The minimum absolute atomic E-state index is 0.0197. The Balaban J connectivity index is 0.000000510. The molecule has 754 valence electrons. The summed E-state index contributed by atoms with van der Waals surface area (Å²) in [5.74, 6) is 8.46. The van der Waals surface area contributed by atoms with Crippen LogP contribution < -0.4 is 14.2 Å². The summed E-state index contributed by atoms with van der Waals surface area (Å²) in [5, 5.41) is 36.0. The zero-order valence-corrected chi connectivity index (χ0v) is 89.3. The van der Waals surface area contributed by atoms with E-state index in [0.717, 1.165) is 121 Å². The topological polar surface area (TPSA) is 206 Å².